The van der Waals surface area contributed by atoms with Gasteiger partial charge in [-0.05, 0) is 19.1 Å². The van der Waals surface area contributed by atoms with Gasteiger partial charge in [0, 0.05) is 11.5 Å². The first-order chi connectivity index (χ1) is 8.60. The molecular formula is C13H24N4S. The summed E-state index contributed by atoms with van der Waals surface area (Å²) in [6.07, 6.45) is 3.75. The number of rotatable bonds is 7. The summed E-state index contributed by atoms with van der Waals surface area (Å²) in [5.41, 5.74) is 3.71. The quantitative estimate of drug-likeness (QED) is 0.261. The van der Waals surface area contributed by atoms with Crippen LogP contribution in [0.4, 0.5) is 5.82 Å². The van der Waals surface area contributed by atoms with Gasteiger partial charge in [0.1, 0.15) is 16.7 Å². The van der Waals surface area contributed by atoms with Crippen molar-refractivity contribution in [1.82, 2.24) is 9.97 Å². The predicted molar refractivity (Wildman–Crippen MR) is 78.9 cm³/mol. The molecule has 0 radical (unpaired) electrons. The third-order valence-electron chi connectivity index (χ3n) is 2.76. The smallest absolute Gasteiger partial charge is 0.147 e. The Morgan fingerprint density at radius 2 is 2.00 bits per heavy atom. The third-order valence-corrected chi connectivity index (χ3v) is 3.92. The van der Waals surface area contributed by atoms with E-state index in [4.69, 9.17) is 5.84 Å². The van der Waals surface area contributed by atoms with Gasteiger partial charge in [-0.15, -0.1) is 11.8 Å². The average molecular weight is 268 g/mol. The fraction of sp³-hybridized carbons (Fsp3) is 0.692. The molecule has 4 nitrogen and oxygen atoms in total. The monoisotopic (exact) mass is 268 g/mol. The highest BCUT2D eigenvalue weighted by atomic mass is 32.2. The average Bonchev–Trinajstić information content (AvgIpc) is 2.36. The fourth-order valence-corrected chi connectivity index (χ4v) is 2.59. The van der Waals surface area contributed by atoms with E-state index in [-0.39, 0.29) is 0 Å². The summed E-state index contributed by atoms with van der Waals surface area (Å²) in [6, 6.07) is 0. The standard InChI is InChI=1S/C13H24N4S/c1-5-6-7-8-18-13-10(4)12(17-14)15-11(16-13)9(2)3/h9H,5-8,14H2,1-4H3,(H,15,16,17). The molecule has 0 aromatic carbocycles. The first-order valence-corrected chi connectivity index (χ1v) is 7.56. The van der Waals surface area contributed by atoms with Gasteiger partial charge in [0.2, 0.25) is 0 Å². The number of anilines is 1. The van der Waals surface area contributed by atoms with Crippen LogP contribution < -0.4 is 11.3 Å². The van der Waals surface area contributed by atoms with Crippen molar-refractivity contribution in [2.24, 2.45) is 5.84 Å². The molecule has 0 aliphatic rings. The van der Waals surface area contributed by atoms with Crippen molar-refractivity contribution in [3.8, 4) is 0 Å². The summed E-state index contributed by atoms with van der Waals surface area (Å²) in [7, 11) is 0. The molecule has 3 N–H and O–H groups in total. The van der Waals surface area contributed by atoms with Crippen LogP contribution in [0.2, 0.25) is 0 Å². The molecule has 0 spiro atoms. The highest BCUT2D eigenvalue weighted by Gasteiger charge is 2.12. The van der Waals surface area contributed by atoms with Gasteiger partial charge in [-0.1, -0.05) is 33.6 Å². The molecular weight excluding hydrogens is 244 g/mol. The Kier molecular flexibility index (Phi) is 6.43. The van der Waals surface area contributed by atoms with Crippen LogP contribution in [0.5, 0.6) is 0 Å². The molecule has 0 aliphatic heterocycles. The van der Waals surface area contributed by atoms with Crippen LogP contribution in [0.3, 0.4) is 0 Å². The number of nitrogens with two attached hydrogens (primary N) is 1. The van der Waals surface area contributed by atoms with Gasteiger partial charge in [0.15, 0.2) is 0 Å². The Morgan fingerprint density at radius 1 is 1.28 bits per heavy atom. The number of hydrogen-bond donors (Lipinski definition) is 2. The van der Waals surface area contributed by atoms with Crippen LogP contribution in [0, 0.1) is 6.92 Å². The molecule has 0 amide bonds. The summed E-state index contributed by atoms with van der Waals surface area (Å²) in [5, 5.41) is 1.05. The molecule has 1 aromatic heterocycles. The number of nitrogen functional groups attached to an aromatic ring is 1. The minimum atomic E-state index is 0.313. The first-order valence-electron chi connectivity index (χ1n) is 6.58. The lowest BCUT2D eigenvalue weighted by molar-refractivity contribution is 0.746. The van der Waals surface area contributed by atoms with Crippen molar-refractivity contribution in [3.05, 3.63) is 11.4 Å². The van der Waals surface area contributed by atoms with E-state index in [1.165, 1.54) is 19.3 Å². The number of nitrogens with one attached hydrogen (secondary N) is 1. The zero-order valence-electron chi connectivity index (χ0n) is 11.8. The van der Waals surface area contributed by atoms with E-state index in [9.17, 15) is 0 Å². The Bertz CT molecular complexity index is 379. The van der Waals surface area contributed by atoms with Crippen molar-refractivity contribution >= 4 is 17.6 Å². The van der Waals surface area contributed by atoms with E-state index in [0.29, 0.717) is 5.92 Å². The van der Waals surface area contributed by atoms with Gasteiger partial charge >= 0.3 is 0 Å². The van der Waals surface area contributed by atoms with E-state index >= 15 is 0 Å². The molecule has 5 heteroatoms. The number of hydrazine groups is 1. The maximum atomic E-state index is 5.52. The fourth-order valence-electron chi connectivity index (χ4n) is 1.57. The van der Waals surface area contributed by atoms with E-state index in [2.05, 4.69) is 36.2 Å². The van der Waals surface area contributed by atoms with Crippen LogP contribution in [0.25, 0.3) is 0 Å². The van der Waals surface area contributed by atoms with Gasteiger partial charge in [-0.2, -0.15) is 0 Å². The summed E-state index contributed by atoms with van der Waals surface area (Å²) in [5.74, 6) is 8.53. The third kappa shape index (κ3) is 4.14. The maximum absolute atomic E-state index is 5.52. The van der Waals surface area contributed by atoms with E-state index in [0.717, 1.165) is 28.0 Å². The molecule has 0 atom stereocenters. The molecule has 0 fully saturated rings. The number of nitrogens with zero attached hydrogens (tertiary/aromatic N) is 2. The Balaban J connectivity index is 2.84. The molecule has 1 rings (SSSR count). The molecule has 0 aliphatic carbocycles. The summed E-state index contributed by atoms with van der Waals surface area (Å²) >= 11 is 1.80. The van der Waals surface area contributed by atoms with Gasteiger partial charge in [0.25, 0.3) is 0 Å². The van der Waals surface area contributed by atoms with Crippen LogP contribution >= 0.6 is 11.8 Å². The molecule has 0 saturated heterocycles. The molecule has 0 saturated carbocycles. The minimum absolute atomic E-state index is 0.313. The Labute approximate surface area is 114 Å². The largest absolute Gasteiger partial charge is 0.308 e. The zero-order chi connectivity index (χ0) is 13.5. The van der Waals surface area contributed by atoms with Gasteiger partial charge < -0.3 is 5.43 Å². The SMILES string of the molecule is CCCCCSc1nc(C(C)C)nc(NN)c1C. The van der Waals surface area contributed by atoms with E-state index < -0.39 is 0 Å². The van der Waals surface area contributed by atoms with Crippen LogP contribution in [0.1, 0.15) is 57.3 Å². The number of unbranched alkanes of at least 4 members (excludes halogenated alkanes) is 2. The first kappa shape index (κ1) is 15.2. The molecule has 18 heavy (non-hydrogen) atoms. The maximum Gasteiger partial charge on any atom is 0.147 e. The van der Waals surface area contributed by atoms with Crippen LogP contribution in [0.15, 0.2) is 5.03 Å². The molecule has 0 bridgehead atoms. The number of thioether (sulfide) groups is 1. The second-order valence-corrected chi connectivity index (χ2v) is 5.80. The lowest BCUT2D eigenvalue weighted by Gasteiger charge is -2.13. The summed E-state index contributed by atoms with van der Waals surface area (Å²) in [6.45, 7) is 8.42. The van der Waals surface area contributed by atoms with Gasteiger partial charge in [-0.3, -0.25) is 0 Å². The molecule has 1 aromatic rings. The Morgan fingerprint density at radius 3 is 2.56 bits per heavy atom. The summed E-state index contributed by atoms with van der Waals surface area (Å²) < 4.78 is 0. The lowest BCUT2D eigenvalue weighted by atomic mass is 10.2. The summed E-state index contributed by atoms with van der Waals surface area (Å²) in [4.78, 5) is 9.07. The minimum Gasteiger partial charge on any atom is -0.308 e. The normalized spacial score (nSPS) is 11.0. The van der Waals surface area contributed by atoms with Gasteiger partial charge in [0.05, 0.1) is 0 Å². The highest BCUT2D eigenvalue weighted by molar-refractivity contribution is 7.99. The number of hydrogen-bond acceptors (Lipinski definition) is 5. The topological polar surface area (TPSA) is 63.8 Å². The molecule has 0 unspecified atom stereocenters. The van der Waals surface area contributed by atoms with Crippen molar-refractivity contribution in [3.63, 3.8) is 0 Å². The van der Waals surface area contributed by atoms with Crippen LogP contribution in [-0.2, 0) is 0 Å². The second-order valence-electron chi connectivity index (χ2n) is 4.72. The molecule has 102 valence electrons. The molecule has 1 heterocycles. The van der Waals surface area contributed by atoms with E-state index in [1.807, 2.05) is 6.92 Å². The van der Waals surface area contributed by atoms with Crippen molar-refractivity contribution in [1.29, 1.82) is 0 Å². The van der Waals surface area contributed by atoms with Crippen molar-refractivity contribution in [2.75, 3.05) is 11.2 Å². The number of aromatic nitrogens is 2. The van der Waals surface area contributed by atoms with Gasteiger partial charge in [-0.25, -0.2) is 15.8 Å². The van der Waals surface area contributed by atoms with Crippen molar-refractivity contribution in [2.45, 2.75) is 57.9 Å². The highest BCUT2D eigenvalue weighted by Crippen LogP contribution is 2.27. The van der Waals surface area contributed by atoms with E-state index in [1.54, 1.807) is 11.8 Å². The second kappa shape index (κ2) is 7.59. The Hall–Kier alpha value is -0.810. The van der Waals surface area contributed by atoms with Crippen LogP contribution in [-0.4, -0.2) is 15.7 Å². The predicted octanol–water partition coefficient (Wildman–Crippen LogP) is 3.48. The lowest BCUT2D eigenvalue weighted by Crippen LogP contribution is -2.13. The van der Waals surface area contributed by atoms with Crippen molar-refractivity contribution < 1.29 is 0 Å². The zero-order valence-corrected chi connectivity index (χ0v) is 12.6.